The van der Waals surface area contributed by atoms with Crippen LogP contribution >= 0.6 is 0 Å². The van der Waals surface area contributed by atoms with Gasteiger partial charge in [-0.1, -0.05) is 0 Å². The van der Waals surface area contributed by atoms with Gasteiger partial charge in [-0.25, -0.2) is 4.79 Å². The largest absolute Gasteiger partial charge is 0.503 e. The molecule has 0 aromatic carbocycles. The summed E-state index contributed by atoms with van der Waals surface area (Å²) in [7, 11) is 0. The third-order valence-corrected chi connectivity index (χ3v) is 1.85. The summed E-state index contributed by atoms with van der Waals surface area (Å²) in [6.45, 7) is 0. The minimum absolute atomic E-state index is 0.0579. The minimum atomic E-state index is -1.83. The first-order valence-corrected chi connectivity index (χ1v) is 3.98. The van der Waals surface area contributed by atoms with Crippen LogP contribution in [0, 0.1) is 0 Å². The van der Waals surface area contributed by atoms with Crippen LogP contribution in [0.25, 0.3) is 0 Å². The van der Waals surface area contributed by atoms with Gasteiger partial charge in [0.15, 0.2) is 0 Å². The normalized spacial score (nSPS) is 36.9. The summed E-state index contributed by atoms with van der Waals surface area (Å²) in [6.07, 6.45) is -5.28. The molecule has 7 heteroatoms. The van der Waals surface area contributed by atoms with Gasteiger partial charge in [0.25, 0.3) is 0 Å². The van der Waals surface area contributed by atoms with E-state index in [2.05, 4.69) is 0 Å². The highest BCUT2D eigenvalue weighted by Crippen LogP contribution is 2.19. The number of carboxylic acid groups (broad SMARTS) is 2. The Bertz CT molecular complexity index is 153. The first-order chi connectivity index (χ1) is 6.34. The maximum atomic E-state index is 8.94. The predicted octanol–water partition coefficient (Wildman–Crippen LogP) is -1.55. The highest BCUT2D eigenvalue weighted by Gasteiger charge is 2.32. The van der Waals surface area contributed by atoms with E-state index in [1.165, 1.54) is 0 Å². The molecule has 1 fully saturated rings. The summed E-state index contributed by atoms with van der Waals surface area (Å²) >= 11 is 0. The Hall–Kier alpha value is -0.890. The third-order valence-electron chi connectivity index (χ3n) is 1.85. The Balaban J connectivity index is 0.000000364. The second-order valence-corrected chi connectivity index (χ2v) is 3.02. The Morgan fingerprint density at radius 2 is 0.929 bits per heavy atom. The lowest BCUT2D eigenvalue weighted by Crippen LogP contribution is -2.44. The van der Waals surface area contributed by atoms with Crippen molar-refractivity contribution in [3.8, 4) is 0 Å². The summed E-state index contributed by atoms with van der Waals surface area (Å²) in [6, 6.07) is 0. The average molecular weight is 210 g/mol. The van der Waals surface area contributed by atoms with E-state index in [0.29, 0.717) is 0 Å². The topological polar surface area (TPSA) is 138 Å². The Morgan fingerprint density at radius 1 is 0.786 bits per heavy atom. The van der Waals surface area contributed by atoms with E-state index in [9.17, 15) is 0 Å². The fourth-order valence-corrected chi connectivity index (χ4v) is 1.12. The highest BCUT2D eigenvalue weighted by molar-refractivity contribution is 5.53. The molecule has 1 aliphatic rings. The van der Waals surface area contributed by atoms with Crippen molar-refractivity contribution in [1.82, 2.24) is 0 Å². The van der Waals surface area contributed by atoms with Gasteiger partial charge in [-0.3, -0.25) is 0 Å². The molecule has 0 radical (unpaired) electrons. The molecule has 1 rings (SSSR count). The lowest BCUT2D eigenvalue weighted by Gasteiger charge is -2.30. The zero-order valence-electron chi connectivity index (χ0n) is 7.32. The summed E-state index contributed by atoms with van der Waals surface area (Å²) < 4.78 is 0. The summed E-state index contributed by atoms with van der Waals surface area (Å²) in [5.74, 6) is 0. The fraction of sp³-hybridized carbons (Fsp3) is 0.857. The van der Waals surface area contributed by atoms with Gasteiger partial charge in [0.05, 0.1) is 24.4 Å². The lowest BCUT2D eigenvalue weighted by molar-refractivity contribution is -0.107. The summed E-state index contributed by atoms with van der Waals surface area (Å²) in [4.78, 5) is 8.56. The molecule has 1 saturated carbocycles. The molecule has 4 atom stereocenters. The number of hydrogen-bond acceptors (Lipinski definition) is 5. The van der Waals surface area contributed by atoms with Crippen molar-refractivity contribution in [2.45, 2.75) is 37.3 Å². The predicted molar refractivity (Wildman–Crippen MR) is 43.9 cm³/mol. The molecule has 4 unspecified atom stereocenters. The van der Waals surface area contributed by atoms with Crippen molar-refractivity contribution in [1.29, 1.82) is 0 Å². The smallest absolute Gasteiger partial charge is 0.450 e. The monoisotopic (exact) mass is 210 g/mol. The molecule has 14 heavy (non-hydrogen) atoms. The van der Waals surface area contributed by atoms with Crippen LogP contribution in [-0.4, -0.2) is 61.2 Å². The Labute approximate surface area is 79.9 Å². The SMILES string of the molecule is O=C(O)O.OC1CC(O)C(O)CC1O. The van der Waals surface area contributed by atoms with Crippen LogP contribution in [-0.2, 0) is 0 Å². The first-order valence-electron chi connectivity index (χ1n) is 3.98. The molecule has 0 aromatic rings. The number of aliphatic hydroxyl groups is 4. The Kier molecular flexibility index (Phi) is 5.39. The van der Waals surface area contributed by atoms with Crippen LogP contribution in [0.4, 0.5) is 4.79 Å². The summed E-state index contributed by atoms with van der Waals surface area (Å²) in [5, 5.41) is 49.7. The molecule has 1 aliphatic carbocycles. The van der Waals surface area contributed by atoms with Gasteiger partial charge in [-0.2, -0.15) is 0 Å². The van der Waals surface area contributed by atoms with Crippen LogP contribution in [0.3, 0.4) is 0 Å². The molecule has 7 nitrogen and oxygen atoms in total. The maximum Gasteiger partial charge on any atom is 0.503 e. The van der Waals surface area contributed by atoms with Crippen molar-refractivity contribution in [2.75, 3.05) is 0 Å². The number of aliphatic hydroxyl groups excluding tert-OH is 4. The molecule has 0 spiro atoms. The van der Waals surface area contributed by atoms with Gasteiger partial charge in [-0.05, 0) is 0 Å². The molecule has 0 amide bonds. The van der Waals surface area contributed by atoms with Gasteiger partial charge < -0.3 is 30.6 Å². The maximum absolute atomic E-state index is 8.94. The molecular formula is C7H14O7. The van der Waals surface area contributed by atoms with Crippen LogP contribution in [0.15, 0.2) is 0 Å². The first kappa shape index (κ1) is 13.1. The number of rotatable bonds is 0. The summed E-state index contributed by atoms with van der Waals surface area (Å²) in [5.41, 5.74) is 0. The van der Waals surface area contributed by atoms with Crippen molar-refractivity contribution in [3.05, 3.63) is 0 Å². The standard InChI is InChI=1S/C6H12O4.CH2O3/c7-3-1-4(8)6(10)2-5(3)9;2-1(3)4/h3-10H,1-2H2;(H2,2,3,4). The van der Waals surface area contributed by atoms with Crippen LogP contribution in [0.5, 0.6) is 0 Å². The molecule has 0 bridgehead atoms. The van der Waals surface area contributed by atoms with Crippen molar-refractivity contribution in [2.24, 2.45) is 0 Å². The molecule has 6 N–H and O–H groups in total. The number of hydrogen-bond donors (Lipinski definition) is 6. The van der Waals surface area contributed by atoms with E-state index >= 15 is 0 Å². The van der Waals surface area contributed by atoms with Gasteiger partial charge in [0, 0.05) is 12.8 Å². The minimum Gasteiger partial charge on any atom is -0.450 e. The van der Waals surface area contributed by atoms with Gasteiger partial charge in [-0.15, -0.1) is 0 Å². The second kappa shape index (κ2) is 5.76. The fourth-order valence-electron chi connectivity index (χ4n) is 1.12. The molecule has 84 valence electrons. The molecule has 0 heterocycles. The highest BCUT2D eigenvalue weighted by atomic mass is 16.6. The van der Waals surface area contributed by atoms with Crippen molar-refractivity contribution < 1.29 is 35.4 Å². The van der Waals surface area contributed by atoms with E-state index in [4.69, 9.17) is 35.4 Å². The van der Waals surface area contributed by atoms with Crippen LogP contribution < -0.4 is 0 Å². The van der Waals surface area contributed by atoms with E-state index in [-0.39, 0.29) is 12.8 Å². The van der Waals surface area contributed by atoms with E-state index in [1.807, 2.05) is 0 Å². The van der Waals surface area contributed by atoms with Crippen LogP contribution in [0.2, 0.25) is 0 Å². The van der Waals surface area contributed by atoms with E-state index < -0.39 is 30.6 Å². The molecule has 0 aromatic heterocycles. The van der Waals surface area contributed by atoms with Gasteiger partial charge in [0.2, 0.25) is 0 Å². The third kappa shape index (κ3) is 4.97. The van der Waals surface area contributed by atoms with Gasteiger partial charge >= 0.3 is 6.16 Å². The lowest BCUT2D eigenvalue weighted by atomic mass is 9.90. The van der Waals surface area contributed by atoms with Gasteiger partial charge in [0.1, 0.15) is 0 Å². The quantitative estimate of drug-likeness (QED) is 0.284. The van der Waals surface area contributed by atoms with E-state index in [0.717, 1.165) is 0 Å². The zero-order chi connectivity index (χ0) is 11.3. The van der Waals surface area contributed by atoms with E-state index in [1.54, 1.807) is 0 Å². The molecule has 0 saturated heterocycles. The van der Waals surface area contributed by atoms with Crippen molar-refractivity contribution in [3.63, 3.8) is 0 Å². The Morgan fingerprint density at radius 3 is 1.07 bits per heavy atom. The van der Waals surface area contributed by atoms with Crippen molar-refractivity contribution >= 4 is 6.16 Å². The molecule has 0 aliphatic heterocycles. The second-order valence-electron chi connectivity index (χ2n) is 3.02. The molecular weight excluding hydrogens is 196 g/mol. The van der Waals surface area contributed by atoms with Crippen LogP contribution in [0.1, 0.15) is 12.8 Å². The number of carbonyl (C=O) groups is 1. The zero-order valence-corrected chi connectivity index (χ0v) is 7.32. The average Bonchev–Trinajstić information content (AvgIpc) is 2.00.